The highest BCUT2D eigenvalue weighted by atomic mass is 16.5. The number of amides is 1. The second-order valence-electron chi connectivity index (χ2n) is 7.98. The summed E-state index contributed by atoms with van der Waals surface area (Å²) in [6.07, 6.45) is 1.99. The minimum atomic E-state index is -0.190. The van der Waals surface area contributed by atoms with Gasteiger partial charge in [-0.05, 0) is 80.3 Å². The molecule has 1 heterocycles. The van der Waals surface area contributed by atoms with Gasteiger partial charge in [0.1, 0.15) is 16.8 Å². The van der Waals surface area contributed by atoms with Crippen LogP contribution in [0.15, 0.2) is 60.7 Å². The third-order valence-corrected chi connectivity index (χ3v) is 5.56. The highest BCUT2D eigenvalue weighted by Crippen LogP contribution is 2.24. The van der Waals surface area contributed by atoms with Gasteiger partial charge in [-0.2, -0.15) is 4.80 Å². The number of aromatic nitrogens is 3. The van der Waals surface area contributed by atoms with Crippen molar-refractivity contribution in [3.05, 3.63) is 77.4 Å². The number of ether oxygens (including phenoxy) is 1. The SMILES string of the molecule is CCc1ccc(-n2nc3cc(C)c(NC(=O)c4cccc(O[C@@H](C)CC)c4)cc3n2)cc1. The maximum absolute atomic E-state index is 12.9. The summed E-state index contributed by atoms with van der Waals surface area (Å²) in [6, 6.07) is 19.3. The lowest BCUT2D eigenvalue weighted by Crippen LogP contribution is -2.14. The van der Waals surface area contributed by atoms with Crippen molar-refractivity contribution in [2.45, 2.75) is 46.6 Å². The fourth-order valence-corrected chi connectivity index (χ4v) is 3.40. The van der Waals surface area contributed by atoms with Crippen LogP contribution in [0.4, 0.5) is 5.69 Å². The smallest absolute Gasteiger partial charge is 0.255 e. The Bertz CT molecular complexity index is 1240. The fraction of sp³-hybridized carbons (Fsp3) is 0.269. The summed E-state index contributed by atoms with van der Waals surface area (Å²) in [5.74, 6) is 0.501. The summed E-state index contributed by atoms with van der Waals surface area (Å²) < 4.78 is 5.84. The predicted molar refractivity (Wildman–Crippen MR) is 128 cm³/mol. The van der Waals surface area contributed by atoms with E-state index in [2.05, 4.69) is 41.5 Å². The van der Waals surface area contributed by atoms with Crippen LogP contribution in [-0.4, -0.2) is 27.0 Å². The minimum Gasteiger partial charge on any atom is -0.491 e. The van der Waals surface area contributed by atoms with Crippen LogP contribution in [0.3, 0.4) is 0 Å². The van der Waals surface area contributed by atoms with Gasteiger partial charge < -0.3 is 10.1 Å². The average Bonchev–Trinajstić information content (AvgIpc) is 3.22. The zero-order chi connectivity index (χ0) is 22.7. The van der Waals surface area contributed by atoms with Crippen molar-refractivity contribution >= 4 is 22.6 Å². The Morgan fingerprint density at radius 2 is 1.75 bits per heavy atom. The largest absolute Gasteiger partial charge is 0.491 e. The number of aryl methyl sites for hydroxylation is 2. The van der Waals surface area contributed by atoms with E-state index in [1.807, 2.05) is 50.2 Å². The van der Waals surface area contributed by atoms with Crippen LogP contribution in [0.25, 0.3) is 16.7 Å². The molecule has 1 aromatic heterocycles. The fourth-order valence-electron chi connectivity index (χ4n) is 3.40. The third kappa shape index (κ3) is 4.64. The first kappa shape index (κ1) is 21.6. The molecule has 0 saturated heterocycles. The van der Waals surface area contributed by atoms with Crippen LogP contribution >= 0.6 is 0 Å². The molecule has 32 heavy (non-hydrogen) atoms. The van der Waals surface area contributed by atoms with Gasteiger partial charge in [0.2, 0.25) is 0 Å². The van der Waals surface area contributed by atoms with Crippen LogP contribution in [0.1, 0.15) is 48.7 Å². The minimum absolute atomic E-state index is 0.0961. The van der Waals surface area contributed by atoms with Crippen LogP contribution in [0.2, 0.25) is 0 Å². The number of fused-ring (bicyclic) bond motifs is 1. The van der Waals surface area contributed by atoms with Crippen molar-refractivity contribution < 1.29 is 9.53 Å². The topological polar surface area (TPSA) is 69.0 Å². The zero-order valence-corrected chi connectivity index (χ0v) is 18.9. The summed E-state index contributed by atoms with van der Waals surface area (Å²) in [4.78, 5) is 14.5. The standard InChI is InChI=1S/C26H28N4O2/c1-5-18(4)32-22-9-7-8-20(15-22)26(31)27-23-16-25-24(14-17(23)3)28-30(29-25)21-12-10-19(6-2)11-13-21/h7-16,18H,5-6H2,1-4H3,(H,27,31)/t18-/m0/s1. The van der Waals surface area contributed by atoms with Gasteiger partial charge in [0.05, 0.1) is 11.8 Å². The highest BCUT2D eigenvalue weighted by Gasteiger charge is 2.13. The Balaban J connectivity index is 1.57. The van der Waals surface area contributed by atoms with E-state index in [9.17, 15) is 4.79 Å². The molecular weight excluding hydrogens is 400 g/mol. The number of benzene rings is 3. The monoisotopic (exact) mass is 428 g/mol. The molecule has 1 amide bonds. The first-order chi connectivity index (χ1) is 15.5. The van der Waals surface area contributed by atoms with Gasteiger partial charge in [-0.25, -0.2) is 0 Å². The van der Waals surface area contributed by atoms with Gasteiger partial charge in [-0.3, -0.25) is 4.79 Å². The lowest BCUT2D eigenvalue weighted by molar-refractivity contribution is 0.102. The Hall–Kier alpha value is -3.67. The molecule has 0 fully saturated rings. The molecule has 0 saturated carbocycles. The van der Waals surface area contributed by atoms with Crippen molar-refractivity contribution in [3.63, 3.8) is 0 Å². The van der Waals surface area contributed by atoms with Crippen molar-refractivity contribution in [2.75, 3.05) is 5.32 Å². The van der Waals surface area contributed by atoms with E-state index < -0.39 is 0 Å². The number of hydrogen-bond donors (Lipinski definition) is 1. The second kappa shape index (κ2) is 9.22. The van der Waals surface area contributed by atoms with E-state index in [-0.39, 0.29) is 12.0 Å². The third-order valence-electron chi connectivity index (χ3n) is 5.56. The molecule has 1 atom stereocenters. The van der Waals surface area contributed by atoms with Gasteiger partial charge in [-0.1, -0.05) is 32.0 Å². The number of rotatable bonds is 7. The Kier molecular flexibility index (Phi) is 6.21. The molecular formula is C26H28N4O2. The maximum atomic E-state index is 12.9. The van der Waals surface area contributed by atoms with E-state index in [1.54, 1.807) is 16.9 Å². The van der Waals surface area contributed by atoms with Crippen molar-refractivity contribution in [2.24, 2.45) is 0 Å². The molecule has 4 rings (SSSR count). The predicted octanol–water partition coefficient (Wildman–Crippen LogP) is 5.72. The number of hydrogen-bond acceptors (Lipinski definition) is 4. The molecule has 0 aliphatic rings. The summed E-state index contributed by atoms with van der Waals surface area (Å²) in [6.45, 7) is 8.16. The second-order valence-corrected chi connectivity index (χ2v) is 7.98. The Labute approximate surface area is 188 Å². The van der Waals surface area contributed by atoms with E-state index >= 15 is 0 Å². The molecule has 0 aliphatic heterocycles. The molecule has 0 spiro atoms. The molecule has 0 unspecified atom stereocenters. The molecule has 4 aromatic rings. The summed E-state index contributed by atoms with van der Waals surface area (Å²) in [5.41, 5.74) is 5.85. The van der Waals surface area contributed by atoms with Crippen molar-refractivity contribution in [1.82, 2.24) is 15.0 Å². The molecule has 0 radical (unpaired) electrons. The van der Waals surface area contributed by atoms with E-state index in [4.69, 9.17) is 4.74 Å². The average molecular weight is 429 g/mol. The summed E-state index contributed by atoms with van der Waals surface area (Å²) >= 11 is 0. The van der Waals surface area contributed by atoms with Gasteiger partial charge >= 0.3 is 0 Å². The van der Waals surface area contributed by atoms with Gasteiger partial charge in [0.15, 0.2) is 0 Å². The van der Waals surface area contributed by atoms with Crippen LogP contribution in [-0.2, 0) is 6.42 Å². The van der Waals surface area contributed by atoms with Gasteiger partial charge in [0, 0.05) is 11.3 Å². The van der Waals surface area contributed by atoms with Crippen LogP contribution in [0, 0.1) is 6.92 Å². The van der Waals surface area contributed by atoms with Crippen molar-refractivity contribution in [3.8, 4) is 11.4 Å². The number of carbonyl (C=O) groups is 1. The zero-order valence-electron chi connectivity index (χ0n) is 18.9. The Morgan fingerprint density at radius 3 is 2.44 bits per heavy atom. The number of carbonyl (C=O) groups excluding carboxylic acids is 1. The molecule has 0 aliphatic carbocycles. The molecule has 6 nitrogen and oxygen atoms in total. The maximum Gasteiger partial charge on any atom is 0.255 e. The van der Waals surface area contributed by atoms with E-state index in [1.165, 1.54) is 5.56 Å². The van der Waals surface area contributed by atoms with Crippen LogP contribution in [0.5, 0.6) is 5.75 Å². The normalized spacial score (nSPS) is 12.0. The van der Waals surface area contributed by atoms with Crippen molar-refractivity contribution in [1.29, 1.82) is 0 Å². The quantitative estimate of drug-likeness (QED) is 0.409. The van der Waals surface area contributed by atoms with Crippen LogP contribution < -0.4 is 10.1 Å². The summed E-state index contributed by atoms with van der Waals surface area (Å²) in [5, 5.41) is 12.2. The molecule has 3 aromatic carbocycles. The Morgan fingerprint density at radius 1 is 1.03 bits per heavy atom. The molecule has 0 bridgehead atoms. The first-order valence-electron chi connectivity index (χ1n) is 11.0. The lowest BCUT2D eigenvalue weighted by atomic mass is 10.1. The summed E-state index contributed by atoms with van der Waals surface area (Å²) in [7, 11) is 0. The first-order valence-corrected chi connectivity index (χ1v) is 11.0. The molecule has 1 N–H and O–H groups in total. The number of nitrogens with one attached hydrogen (secondary N) is 1. The molecule has 164 valence electrons. The highest BCUT2D eigenvalue weighted by molar-refractivity contribution is 6.05. The molecule has 6 heteroatoms. The lowest BCUT2D eigenvalue weighted by Gasteiger charge is -2.13. The van der Waals surface area contributed by atoms with Gasteiger partial charge in [-0.15, -0.1) is 10.2 Å². The van der Waals surface area contributed by atoms with E-state index in [0.29, 0.717) is 17.0 Å². The number of anilines is 1. The van der Waals surface area contributed by atoms with E-state index in [0.717, 1.165) is 35.1 Å². The van der Waals surface area contributed by atoms with Gasteiger partial charge in [0.25, 0.3) is 5.91 Å². The number of nitrogens with zero attached hydrogens (tertiary/aromatic N) is 3.